The second kappa shape index (κ2) is 12.6. The average Bonchev–Trinajstić information content (AvgIpc) is 3.38. The van der Waals surface area contributed by atoms with Crippen LogP contribution in [0.15, 0.2) is 41.6 Å². The first kappa shape index (κ1) is 26.5. The Kier molecular flexibility index (Phi) is 9.26. The van der Waals surface area contributed by atoms with E-state index in [-0.39, 0.29) is 12.5 Å². The molecule has 1 aliphatic carbocycles. The lowest BCUT2D eigenvalue weighted by molar-refractivity contribution is -0.140. The van der Waals surface area contributed by atoms with E-state index < -0.39 is 18.0 Å². The van der Waals surface area contributed by atoms with Crippen molar-refractivity contribution in [1.82, 2.24) is 0 Å². The van der Waals surface area contributed by atoms with E-state index in [0.717, 1.165) is 25.7 Å². The number of methoxy groups -OCH3 is 2. The standard InChI is InChI=1S/C26H31N3O7/c1-16(30)36-29-23(13-17-9-10-18(25(31)34-4)14-24(17)33-3)21-15-19(11-12-22(21)27-2)28-26(32)35-20-7-5-6-8-20/h9-12,14-15,20,27H,5-8,13H2,1-4H3,(H,28,32). The molecule has 1 saturated carbocycles. The highest BCUT2D eigenvalue weighted by Gasteiger charge is 2.21. The Morgan fingerprint density at radius 1 is 1.06 bits per heavy atom. The van der Waals surface area contributed by atoms with Crippen LogP contribution in [0.3, 0.4) is 0 Å². The molecule has 192 valence electrons. The monoisotopic (exact) mass is 497 g/mol. The fraction of sp³-hybridized carbons (Fsp3) is 0.385. The summed E-state index contributed by atoms with van der Waals surface area (Å²) in [6.07, 6.45) is 3.45. The topological polar surface area (TPSA) is 125 Å². The van der Waals surface area contributed by atoms with Gasteiger partial charge in [0.1, 0.15) is 11.9 Å². The third-order valence-electron chi connectivity index (χ3n) is 5.77. The highest BCUT2D eigenvalue weighted by molar-refractivity contribution is 6.07. The van der Waals surface area contributed by atoms with Crippen LogP contribution >= 0.6 is 0 Å². The SMILES string of the molecule is CNc1ccc(NC(=O)OC2CCCC2)cc1C(Cc1ccc(C(=O)OC)cc1OC)=NOC(C)=O. The normalized spacial score (nSPS) is 13.6. The van der Waals surface area contributed by atoms with Crippen LogP contribution < -0.4 is 15.4 Å². The van der Waals surface area contributed by atoms with E-state index in [9.17, 15) is 14.4 Å². The summed E-state index contributed by atoms with van der Waals surface area (Å²) in [5.41, 5.74) is 3.20. The van der Waals surface area contributed by atoms with Crippen molar-refractivity contribution in [2.75, 3.05) is 31.9 Å². The lowest BCUT2D eigenvalue weighted by atomic mass is 9.98. The number of nitrogens with one attached hydrogen (secondary N) is 2. The summed E-state index contributed by atoms with van der Waals surface area (Å²) in [4.78, 5) is 40.9. The average molecular weight is 498 g/mol. The van der Waals surface area contributed by atoms with Crippen LogP contribution in [-0.2, 0) is 25.5 Å². The number of hydrogen-bond acceptors (Lipinski definition) is 9. The van der Waals surface area contributed by atoms with Gasteiger partial charge in [-0.05, 0) is 56.0 Å². The number of anilines is 2. The molecular formula is C26H31N3O7. The molecule has 10 heteroatoms. The molecule has 0 atom stereocenters. The number of ether oxygens (including phenoxy) is 3. The van der Waals surface area contributed by atoms with Gasteiger partial charge in [-0.2, -0.15) is 0 Å². The molecule has 1 amide bonds. The van der Waals surface area contributed by atoms with Gasteiger partial charge in [0.15, 0.2) is 0 Å². The van der Waals surface area contributed by atoms with E-state index in [4.69, 9.17) is 19.0 Å². The van der Waals surface area contributed by atoms with Gasteiger partial charge in [0.25, 0.3) is 0 Å². The third-order valence-corrected chi connectivity index (χ3v) is 5.77. The lowest BCUT2D eigenvalue weighted by Crippen LogP contribution is -2.20. The summed E-state index contributed by atoms with van der Waals surface area (Å²) in [7, 11) is 4.54. The third kappa shape index (κ3) is 6.97. The molecule has 0 aliphatic heterocycles. The van der Waals surface area contributed by atoms with Gasteiger partial charge in [-0.3, -0.25) is 5.32 Å². The van der Waals surface area contributed by atoms with Crippen molar-refractivity contribution in [1.29, 1.82) is 0 Å². The second-order valence-corrected chi connectivity index (χ2v) is 8.26. The van der Waals surface area contributed by atoms with Gasteiger partial charge in [0.2, 0.25) is 0 Å². The number of carbonyl (C=O) groups is 3. The maximum absolute atomic E-state index is 12.4. The van der Waals surface area contributed by atoms with Gasteiger partial charge in [-0.25, -0.2) is 14.4 Å². The van der Waals surface area contributed by atoms with Gasteiger partial charge in [0.05, 0.1) is 25.5 Å². The van der Waals surface area contributed by atoms with Crippen LogP contribution in [-0.4, -0.2) is 51.1 Å². The highest BCUT2D eigenvalue weighted by Crippen LogP contribution is 2.28. The molecule has 1 fully saturated rings. The molecule has 0 radical (unpaired) electrons. The van der Waals surface area contributed by atoms with Crippen molar-refractivity contribution in [2.45, 2.75) is 45.1 Å². The van der Waals surface area contributed by atoms with Crippen molar-refractivity contribution in [3.8, 4) is 5.75 Å². The van der Waals surface area contributed by atoms with E-state index in [1.165, 1.54) is 21.1 Å². The molecular weight excluding hydrogens is 466 g/mol. The Labute approximate surface area is 209 Å². The molecule has 0 unspecified atom stereocenters. The van der Waals surface area contributed by atoms with Crippen LogP contribution in [0.5, 0.6) is 5.75 Å². The number of nitrogens with zero attached hydrogens (tertiary/aromatic N) is 1. The minimum absolute atomic E-state index is 0.0671. The molecule has 36 heavy (non-hydrogen) atoms. The molecule has 2 aromatic carbocycles. The predicted molar refractivity (Wildman–Crippen MR) is 135 cm³/mol. The van der Waals surface area contributed by atoms with Crippen LogP contribution in [0, 0.1) is 0 Å². The molecule has 2 aromatic rings. The number of amides is 1. The molecule has 0 heterocycles. The summed E-state index contributed by atoms with van der Waals surface area (Å²) in [5.74, 6) is -0.635. The van der Waals surface area contributed by atoms with Crippen molar-refractivity contribution in [3.05, 3.63) is 53.1 Å². The number of hydrogen-bond donors (Lipinski definition) is 2. The van der Waals surface area contributed by atoms with Gasteiger partial charge >= 0.3 is 18.0 Å². The van der Waals surface area contributed by atoms with Crippen molar-refractivity contribution >= 4 is 35.1 Å². The second-order valence-electron chi connectivity index (χ2n) is 8.26. The first-order valence-corrected chi connectivity index (χ1v) is 11.6. The Bertz CT molecular complexity index is 1140. The Hall–Kier alpha value is -4.08. The van der Waals surface area contributed by atoms with Crippen LogP contribution in [0.1, 0.15) is 54.1 Å². The zero-order valence-corrected chi connectivity index (χ0v) is 20.9. The lowest BCUT2D eigenvalue weighted by Gasteiger charge is -2.16. The van der Waals surface area contributed by atoms with Crippen LogP contribution in [0.2, 0.25) is 0 Å². The fourth-order valence-electron chi connectivity index (χ4n) is 4.00. The zero-order valence-electron chi connectivity index (χ0n) is 20.9. The fourth-order valence-corrected chi connectivity index (χ4v) is 4.00. The summed E-state index contributed by atoms with van der Waals surface area (Å²) < 4.78 is 15.8. The van der Waals surface area contributed by atoms with E-state index in [0.29, 0.717) is 39.5 Å². The molecule has 10 nitrogen and oxygen atoms in total. The summed E-state index contributed by atoms with van der Waals surface area (Å²) in [5, 5.41) is 9.94. The maximum atomic E-state index is 12.4. The molecule has 2 N–H and O–H groups in total. The predicted octanol–water partition coefficient (Wildman–Crippen LogP) is 4.52. The smallest absolute Gasteiger partial charge is 0.411 e. The quantitative estimate of drug-likeness (QED) is 0.224. The van der Waals surface area contributed by atoms with Crippen LogP contribution in [0.25, 0.3) is 0 Å². The number of rotatable bonds is 9. The number of benzene rings is 2. The Balaban J connectivity index is 1.93. The first-order valence-electron chi connectivity index (χ1n) is 11.6. The summed E-state index contributed by atoms with van der Waals surface area (Å²) in [6, 6.07) is 10.1. The van der Waals surface area contributed by atoms with Crippen molar-refractivity contribution < 1.29 is 33.4 Å². The molecule has 0 bridgehead atoms. The Morgan fingerprint density at radius 3 is 2.44 bits per heavy atom. The van der Waals surface area contributed by atoms with Crippen molar-refractivity contribution in [3.63, 3.8) is 0 Å². The minimum Gasteiger partial charge on any atom is -0.496 e. The van der Waals surface area contributed by atoms with Gasteiger partial charge < -0.3 is 24.4 Å². The summed E-state index contributed by atoms with van der Waals surface area (Å²) >= 11 is 0. The Morgan fingerprint density at radius 2 is 1.81 bits per heavy atom. The number of carbonyl (C=O) groups excluding carboxylic acids is 3. The maximum Gasteiger partial charge on any atom is 0.411 e. The number of oxime groups is 1. The largest absolute Gasteiger partial charge is 0.496 e. The first-order chi connectivity index (χ1) is 17.3. The van der Waals surface area contributed by atoms with E-state index in [2.05, 4.69) is 15.8 Å². The molecule has 0 saturated heterocycles. The summed E-state index contributed by atoms with van der Waals surface area (Å²) in [6.45, 7) is 1.25. The van der Waals surface area contributed by atoms with Crippen LogP contribution in [0.4, 0.5) is 16.2 Å². The molecule has 1 aliphatic rings. The minimum atomic E-state index is -0.582. The van der Waals surface area contributed by atoms with E-state index >= 15 is 0 Å². The molecule has 0 spiro atoms. The van der Waals surface area contributed by atoms with Crippen molar-refractivity contribution in [2.24, 2.45) is 5.16 Å². The van der Waals surface area contributed by atoms with Gasteiger partial charge in [0, 0.05) is 42.9 Å². The highest BCUT2D eigenvalue weighted by atomic mass is 16.7. The zero-order chi connectivity index (χ0) is 26.1. The van der Waals surface area contributed by atoms with E-state index in [1.807, 2.05) is 0 Å². The number of esters is 1. The van der Waals surface area contributed by atoms with E-state index in [1.54, 1.807) is 43.4 Å². The molecule has 3 rings (SSSR count). The molecule has 0 aromatic heterocycles. The van der Waals surface area contributed by atoms with Gasteiger partial charge in [-0.15, -0.1) is 0 Å². The van der Waals surface area contributed by atoms with Gasteiger partial charge in [-0.1, -0.05) is 11.2 Å².